The minimum atomic E-state index is -3.63. The van der Waals surface area contributed by atoms with Crippen molar-refractivity contribution >= 4 is 49.8 Å². The number of fused-ring (bicyclic) bond motifs is 1. The Hall–Kier alpha value is -3.46. The van der Waals surface area contributed by atoms with Crippen molar-refractivity contribution in [2.45, 2.75) is 23.8 Å². The van der Waals surface area contributed by atoms with E-state index in [0.29, 0.717) is 36.5 Å². The first kappa shape index (κ1) is 24.2. The molecule has 0 aliphatic carbocycles. The fraction of sp³-hybridized carbons (Fsp3) is 0.185. The first-order valence-corrected chi connectivity index (χ1v) is 13.5. The van der Waals surface area contributed by atoms with E-state index in [1.54, 1.807) is 48.7 Å². The third-order valence-corrected chi connectivity index (χ3v) is 8.45. The normalized spacial score (nSPS) is 15.0. The molecule has 2 heterocycles. The van der Waals surface area contributed by atoms with Gasteiger partial charge in [-0.1, -0.05) is 29.8 Å². The molecule has 1 aliphatic rings. The molecule has 0 unspecified atom stereocenters. The van der Waals surface area contributed by atoms with Gasteiger partial charge in [-0.2, -0.15) is 4.31 Å². The van der Waals surface area contributed by atoms with Gasteiger partial charge in [0.2, 0.25) is 10.0 Å². The zero-order chi connectivity index (χ0) is 25.1. The summed E-state index contributed by atoms with van der Waals surface area (Å²) in [5, 5.41) is 7.88. The van der Waals surface area contributed by atoms with Crippen molar-refractivity contribution in [1.82, 2.24) is 14.6 Å². The summed E-state index contributed by atoms with van der Waals surface area (Å²) in [5.74, 6) is -0.134. The lowest BCUT2D eigenvalue weighted by Crippen LogP contribution is -2.46. The van der Waals surface area contributed by atoms with Crippen molar-refractivity contribution in [1.29, 1.82) is 0 Å². The van der Waals surface area contributed by atoms with Crippen LogP contribution in [0, 0.1) is 0 Å². The quantitative estimate of drug-likeness (QED) is 0.364. The average Bonchev–Trinajstić information content (AvgIpc) is 2.90. The van der Waals surface area contributed by atoms with E-state index in [0.717, 1.165) is 22.3 Å². The van der Waals surface area contributed by atoms with Crippen LogP contribution in [0.4, 0.5) is 11.4 Å². The van der Waals surface area contributed by atoms with Gasteiger partial charge in [0, 0.05) is 52.7 Å². The Balaban J connectivity index is 1.22. The number of amides is 1. The molecule has 1 fully saturated rings. The maximum Gasteiger partial charge on any atom is 0.251 e. The Kier molecular flexibility index (Phi) is 6.91. The molecule has 3 aromatic carbocycles. The third kappa shape index (κ3) is 5.21. The summed E-state index contributed by atoms with van der Waals surface area (Å²) in [6, 6.07) is 23.1. The molecule has 9 heteroatoms. The van der Waals surface area contributed by atoms with E-state index in [1.807, 2.05) is 36.4 Å². The molecule has 1 amide bonds. The van der Waals surface area contributed by atoms with Crippen LogP contribution in [-0.4, -0.2) is 42.7 Å². The molecule has 1 aliphatic heterocycles. The molecule has 5 rings (SSSR count). The zero-order valence-corrected chi connectivity index (χ0v) is 21.0. The van der Waals surface area contributed by atoms with Gasteiger partial charge < -0.3 is 10.6 Å². The molecule has 0 radical (unpaired) electrons. The van der Waals surface area contributed by atoms with Gasteiger partial charge in [-0.3, -0.25) is 9.78 Å². The summed E-state index contributed by atoms with van der Waals surface area (Å²) in [7, 11) is -3.63. The van der Waals surface area contributed by atoms with Gasteiger partial charge in [0.1, 0.15) is 0 Å². The lowest BCUT2D eigenvalue weighted by atomic mass is 10.1. The summed E-state index contributed by atoms with van der Waals surface area (Å²) >= 11 is 6.07. The Labute approximate surface area is 215 Å². The second-order valence-electron chi connectivity index (χ2n) is 8.69. The number of piperidine rings is 1. The van der Waals surface area contributed by atoms with Gasteiger partial charge in [0.15, 0.2) is 0 Å². The lowest BCUT2D eigenvalue weighted by molar-refractivity contribution is 0.0924. The number of hydrogen-bond donors (Lipinski definition) is 2. The molecule has 1 saturated heterocycles. The number of pyridine rings is 1. The van der Waals surface area contributed by atoms with E-state index in [2.05, 4.69) is 15.6 Å². The molecule has 36 heavy (non-hydrogen) atoms. The zero-order valence-electron chi connectivity index (χ0n) is 19.4. The summed E-state index contributed by atoms with van der Waals surface area (Å²) in [6.07, 6.45) is 2.83. The Morgan fingerprint density at radius 3 is 2.39 bits per heavy atom. The number of anilines is 2. The van der Waals surface area contributed by atoms with Gasteiger partial charge in [0.05, 0.1) is 10.4 Å². The Morgan fingerprint density at radius 1 is 0.944 bits per heavy atom. The van der Waals surface area contributed by atoms with Crippen molar-refractivity contribution in [3.63, 3.8) is 0 Å². The first-order valence-electron chi connectivity index (χ1n) is 11.7. The maximum absolute atomic E-state index is 13.2. The van der Waals surface area contributed by atoms with Gasteiger partial charge in [-0.15, -0.1) is 0 Å². The number of hydrogen-bond acceptors (Lipinski definition) is 5. The Morgan fingerprint density at radius 2 is 1.67 bits per heavy atom. The summed E-state index contributed by atoms with van der Waals surface area (Å²) < 4.78 is 27.9. The number of aromatic nitrogens is 1. The molecular formula is C27H25ClN4O3S. The van der Waals surface area contributed by atoms with Gasteiger partial charge >= 0.3 is 0 Å². The van der Waals surface area contributed by atoms with E-state index in [1.165, 1.54) is 4.31 Å². The molecular weight excluding hydrogens is 496 g/mol. The lowest BCUT2D eigenvalue weighted by Gasteiger charge is -2.31. The number of carbonyl (C=O) groups excluding carboxylic acids is 1. The van der Waals surface area contributed by atoms with E-state index < -0.39 is 10.0 Å². The number of benzene rings is 3. The van der Waals surface area contributed by atoms with E-state index in [4.69, 9.17) is 11.6 Å². The van der Waals surface area contributed by atoms with Crippen molar-refractivity contribution < 1.29 is 13.2 Å². The van der Waals surface area contributed by atoms with Crippen molar-refractivity contribution in [2.75, 3.05) is 18.4 Å². The van der Waals surface area contributed by atoms with E-state index >= 15 is 0 Å². The highest BCUT2D eigenvalue weighted by Crippen LogP contribution is 2.28. The molecule has 0 spiro atoms. The van der Waals surface area contributed by atoms with Crippen molar-refractivity contribution in [2.24, 2.45) is 0 Å². The summed E-state index contributed by atoms with van der Waals surface area (Å²) in [5.41, 5.74) is 2.99. The molecule has 2 N–H and O–H groups in total. The fourth-order valence-electron chi connectivity index (χ4n) is 4.34. The molecule has 7 nitrogen and oxygen atoms in total. The highest BCUT2D eigenvalue weighted by atomic mass is 35.5. The van der Waals surface area contributed by atoms with Crippen LogP contribution in [0.25, 0.3) is 10.9 Å². The number of nitrogens with zero attached hydrogens (tertiary/aromatic N) is 2. The van der Waals surface area contributed by atoms with Crippen molar-refractivity contribution in [3.05, 3.63) is 95.6 Å². The minimum absolute atomic E-state index is 0.0548. The van der Waals surface area contributed by atoms with Crippen LogP contribution in [-0.2, 0) is 10.0 Å². The standard InChI is InChI=1S/C27H25ClN4O3S/c28-20-6-11-24-25(12-15-29-26(24)18-20)30-21-7-9-23(10-8-21)36(34,35)32-16-13-22(14-17-32)31-27(33)19-4-2-1-3-5-19/h1-12,15,18,22H,13-14,16-17H2,(H,29,30)(H,31,33). The number of carbonyl (C=O) groups is 1. The Bertz CT molecular complexity index is 1490. The predicted octanol–water partition coefficient (Wildman–Crippen LogP) is 5.21. The molecule has 0 bridgehead atoms. The number of rotatable bonds is 6. The predicted molar refractivity (Wildman–Crippen MR) is 142 cm³/mol. The van der Waals surface area contributed by atoms with E-state index in [9.17, 15) is 13.2 Å². The molecule has 1 aromatic heterocycles. The molecule has 0 atom stereocenters. The number of halogens is 1. The number of sulfonamides is 1. The van der Waals surface area contributed by atoms with Crippen LogP contribution < -0.4 is 10.6 Å². The topological polar surface area (TPSA) is 91.4 Å². The van der Waals surface area contributed by atoms with Gasteiger partial charge in [-0.05, 0) is 73.5 Å². The maximum atomic E-state index is 13.2. The van der Waals surface area contributed by atoms with Crippen LogP contribution in [0.5, 0.6) is 0 Å². The molecule has 184 valence electrons. The average molecular weight is 521 g/mol. The summed E-state index contributed by atoms with van der Waals surface area (Å²) in [4.78, 5) is 17.0. The van der Waals surface area contributed by atoms with Gasteiger partial charge in [-0.25, -0.2) is 8.42 Å². The minimum Gasteiger partial charge on any atom is -0.355 e. The highest BCUT2D eigenvalue weighted by molar-refractivity contribution is 7.89. The van der Waals surface area contributed by atoms with Gasteiger partial charge in [0.25, 0.3) is 5.91 Å². The monoisotopic (exact) mass is 520 g/mol. The fourth-order valence-corrected chi connectivity index (χ4v) is 5.98. The molecule has 4 aromatic rings. The largest absolute Gasteiger partial charge is 0.355 e. The smallest absolute Gasteiger partial charge is 0.251 e. The third-order valence-electron chi connectivity index (χ3n) is 6.30. The van der Waals surface area contributed by atoms with Crippen LogP contribution >= 0.6 is 11.6 Å². The SMILES string of the molecule is O=C(NC1CCN(S(=O)(=O)c2ccc(Nc3ccnc4cc(Cl)ccc34)cc2)CC1)c1ccccc1. The van der Waals surface area contributed by atoms with E-state index in [-0.39, 0.29) is 16.8 Å². The second kappa shape index (κ2) is 10.3. The number of nitrogens with one attached hydrogen (secondary N) is 2. The molecule has 0 saturated carbocycles. The van der Waals surface area contributed by atoms with Crippen LogP contribution in [0.15, 0.2) is 90.0 Å². The van der Waals surface area contributed by atoms with Crippen LogP contribution in [0.3, 0.4) is 0 Å². The second-order valence-corrected chi connectivity index (χ2v) is 11.1. The summed E-state index contributed by atoms with van der Waals surface area (Å²) in [6.45, 7) is 0.710. The highest BCUT2D eigenvalue weighted by Gasteiger charge is 2.30. The van der Waals surface area contributed by atoms with Crippen LogP contribution in [0.1, 0.15) is 23.2 Å². The van der Waals surface area contributed by atoms with Crippen LogP contribution in [0.2, 0.25) is 5.02 Å². The first-order chi connectivity index (χ1) is 17.4. The van der Waals surface area contributed by atoms with Crippen molar-refractivity contribution in [3.8, 4) is 0 Å².